The van der Waals surface area contributed by atoms with E-state index in [1.807, 2.05) is 0 Å². The number of halogens is 2. The SMILES string of the molecule is CCCCCCCOc1ccc(C(=O)O)c(-c2ccc(C(=O)C(C)CCCCCC)c(F)c2)c1F. The van der Waals surface area contributed by atoms with Gasteiger partial charge in [-0.25, -0.2) is 13.6 Å². The summed E-state index contributed by atoms with van der Waals surface area (Å²) in [6.07, 6.45) is 9.86. The van der Waals surface area contributed by atoms with Gasteiger partial charge in [0.15, 0.2) is 17.3 Å². The molecule has 1 N–H and O–H groups in total. The summed E-state index contributed by atoms with van der Waals surface area (Å²) in [5.74, 6) is -3.66. The van der Waals surface area contributed by atoms with Gasteiger partial charge in [0.25, 0.3) is 0 Å². The Morgan fingerprint density at radius 3 is 2.14 bits per heavy atom. The van der Waals surface area contributed by atoms with Gasteiger partial charge in [-0.15, -0.1) is 0 Å². The minimum absolute atomic E-state index is 0.0537. The van der Waals surface area contributed by atoms with E-state index in [1.165, 1.54) is 24.3 Å². The fourth-order valence-corrected chi connectivity index (χ4v) is 4.16. The van der Waals surface area contributed by atoms with E-state index in [9.17, 15) is 19.1 Å². The van der Waals surface area contributed by atoms with E-state index < -0.39 is 17.6 Å². The minimum atomic E-state index is -1.33. The predicted octanol–water partition coefficient (Wildman–Crippen LogP) is 8.47. The summed E-state index contributed by atoms with van der Waals surface area (Å²) in [6.45, 7) is 6.33. The topological polar surface area (TPSA) is 63.6 Å². The van der Waals surface area contributed by atoms with Gasteiger partial charge in [-0.2, -0.15) is 0 Å². The Morgan fingerprint density at radius 2 is 1.51 bits per heavy atom. The van der Waals surface area contributed by atoms with Gasteiger partial charge in [-0.3, -0.25) is 4.79 Å². The molecule has 2 aromatic rings. The van der Waals surface area contributed by atoms with Crippen molar-refractivity contribution < 1.29 is 28.2 Å². The quantitative estimate of drug-likeness (QED) is 0.190. The molecule has 0 fully saturated rings. The van der Waals surface area contributed by atoms with Gasteiger partial charge in [0.05, 0.1) is 17.7 Å². The lowest BCUT2D eigenvalue weighted by Gasteiger charge is -2.15. The van der Waals surface area contributed by atoms with Crippen LogP contribution in [0.5, 0.6) is 5.75 Å². The van der Waals surface area contributed by atoms with Crippen LogP contribution in [0.3, 0.4) is 0 Å². The first-order valence-corrected chi connectivity index (χ1v) is 12.8. The first-order valence-electron chi connectivity index (χ1n) is 12.8. The first-order chi connectivity index (χ1) is 16.8. The lowest BCUT2D eigenvalue weighted by molar-refractivity contribution is 0.0696. The molecule has 0 amide bonds. The predicted molar refractivity (Wildman–Crippen MR) is 135 cm³/mol. The van der Waals surface area contributed by atoms with Crippen molar-refractivity contribution in [2.24, 2.45) is 5.92 Å². The van der Waals surface area contributed by atoms with Crippen LogP contribution in [0.1, 0.15) is 106 Å². The third-order valence-electron chi connectivity index (χ3n) is 6.30. The maximum Gasteiger partial charge on any atom is 0.336 e. The van der Waals surface area contributed by atoms with Crippen LogP contribution in [0, 0.1) is 17.6 Å². The highest BCUT2D eigenvalue weighted by atomic mass is 19.1. The van der Waals surface area contributed by atoms with Crippen molar-refractivity contribution in [3.63, 3.8) is 0 Å². The number of ketones is 1. The Bertz CT molecular complexity index is 987. The van der Waals surface area contributed by atoms with Gasteiger partial charge in [-0.05, 0) is 42.7 Å². The summed E-state index contributed by atoms with van der Waals surface area (Å²) in [5, 5.41) is 9.59. The van der Waals surface area contributed by atoms with Crippen molar-refractivity contribution in [1.29, 1.82) is 0 Å². The van der Waals surface area contributed by atoms with E-state index >= 15 is 4.39 Å². The summed E-state index contributed by atoms with van der Waals surface area (Å²) >= 11 is 0. The molecule has 35 heavy (non-hydrogen) atoms. The molecule has 0 heterocycles. The number of hydrogen-bond acceptors (Lipinski definition) is 3. The third kappa shape index (κ3) is 8.15. The largest absolute Gasteiger partial charge is 0.490 e. The lowest BCUT2D eigenvalue weighted by atomic mass is 9.91. The van der Waals surface area contributed by atoms with Gasteiger partial charge >= 0.3 is 5.97 Å². The number of carboxylic acid groups (broad SMARTS) is 1. The van der Waals surface area contributed by atoms with Crippen molar-refractivity contribution in [2.75, 3.05) is 6.61 Å². The molecule has 0 saturated carbocycles. The maximum absolute atomic E-state index is 15.4. The van der Waals surface area contributed by atoms with E-state index in [0.717, 1.165) is 63.9 Å². The molecule has 192 valence electrons. The van der Waals surface area contributed by atoms with E-state index in [1.54, 1.807) is 6.92 Å². The minimum Gasteiger partial charge on any atom is -0.490 e. The van der Waals surface area contributed by atoms with Crippen LogP contribution in [0.4, 0.5) is 8.78 Å². The number of Topliss-reactive ketones (excluding diaryl/α,β-unsaturated/α-hetero) is 1. The Morgan fingerprint density at radius 1 is 0.886 bits per heavy atom. The molecule has 2 aromatic carbocycles. The van der Waals surface area contributed by atoms with Crippen molar-refractivity contribution in [1.82, 2.24) is 0 Å². The van der Waals surface area contributed by atoms with Crippen LogP contribution in [0.25, 0.3) is 11.1 Å². The molecule has 0 aromatic heterocycles. The van der Waals surface area contributed by atoms with Crippen LogP contribution in [0.2, 0.25) is 0 Å². The van der Waals surface area contributed by atoms with Crippen molar-refractivity contribution >= 4 is 11.8 Å². The molecule has 2 rings (SSSR count). The van der Waals surface area contributed by atoms with Crippen LogP contribution in [-0.4, -0.2) is 23.5 Å². The fourth-order valence-electron chi connectivity index (χ4n) is 4.16. The highest BCUT2D eigenvalue weighted by Gasteiger charge is 2.23. The van der Waals surface area contributed by atoms with Crippen LogP contribution >= 0.6 is 0 Å². The summed E-state index contributed by atoms with van der Waals surface area (Å²) in [7, 11) is 0. The standard InChI is InChI=1S/C29H38F2O4/c1-4-6-8-10-12-18-35-25-17-16-23(29(33)34)26(27(25)31)21-14-15-22(24(30)19-21)28(32)20(3)13-11-9-7-5-2/h14-17,19-20H,4-13,18H2,1-3H3,(H,33,34). The summed E-state index contributed by atoms with van der Waals surface area (Å²) in [4.78, 5) is 24.5. The molecule has 1 unspecified atom stereocenters. The number of hydrogen-bond donors (Lipinski definition) is 1. The van der Waals surface area contributed by atoms with Gasteiger partial charge in [-0.1, -0.05) is 78.2 Å². The number of carbonyl (C=O) groups is 2. The second-order valence-electron chi connectivity index (χ2n) is 9.18. The second-order valence-corrected chi connectivity index (χ2v) is 9.18. The molecule has 0 spiro atoms. The highest BCUT2D eigenvalue weighted by molar-refractivity contribution is 5.99. The number of rotatable bonds is 16. The summed E-state index contributed by atoms with van der Waals surface area (Å²) in [6, 6.07) is 6.32. The van der Waals surface area contributed by atoms with Gasteiger partial charge in [0, 0.05) is 11.5 Å². The summed E-state index contributed by atoms with van der Waals surface area (Å²) < 4.78 is 35.9. The lowest BCUT2D eigenvalue weighted by Crippen LogP contribution is -2.13. The molecule has 0 saturated heterocycles. The first kappa shape index (κ1) is 28.5. The normalized spacial score (nSPS) is 11.9. The summed E-state index contributed by atoms with van der Waals surface area (Å²) in [5.41, 5.74) is -0.543. The number of carbonyl (C=O) groups excluding carboxylic acids is 1. The molecule has 0 radical (unpaired) electrons. The fraction of sp³-hybridized carbons (Fsp3) is 0.517. The maximum atomic E-state index is 15.4. The van der Waals surface area contributed by atoms with E-state index in [-0.39, 0.29) is 39.7 Å². The van der Waals surface area contributed by atoms with Crippen molar-refractivity contribution in [2.45, 2.75) is 85.0 Å². The van der Waals surface area contributed by atoms with Crippen LogP contribution in [-0.2, 0) is 0 Å². The van der Waals surface area contributed by atoms with E-state index in [0.29, 0.717) is 13.0 Å². The molecule has 4 nitrogen and oxygen atoms in total. The average Bonchev–Trinajstić information content (AvgIpc) is 2.83. The van der Waals surface area contributed by atoms with Gasteiger partial charge < -0.3 is 9.84 Å². The van der Waals surface area contributed by atoms with Crippen LogP contribution in [0.15, 0.2) is 30.3 Å². The van der Waals surface area contributed by atoms with Crippen molar-refractivity contribution in [3.05, 3.63) is 53.1 Å². The molecular weight excluding hydrogens is 450 g/mol. The molecular formula is C29H38F2O4. The zero-order valence-corrected chi connectivity index (χ0v) is 21.2. The van der Waals surface area contributed by atoms with Gasteiger partial charge in [0.1, 0.15) is 5.82 Å². The Kier molecular flexibility index (Phi) is 11.9. The third-order valence-corrected chi connectivity index (χ3v) is 6.30. The Hall–Kier alpha value is -2.76. The highest BCUT2D eigenvalue weighted by Crippen LogP contribution is 2.34. The number of aromatic carboxylic acids is 1. The zero-order valence-electron chi connectivity index (χ0n) is 21.2. The molecule has 1 atom stereocenters. The van der Waals surface area contributed by atoms with E-state index in [4.69, 9.17) is 4.74 Å². The molecule has 6 heteroatoms. The second kappa shape index (κ2) is 14.6. The average molecular weight is 489 g/mol. The van der Waals surface area contributed by atoms with Crippen LogP contribution < -0.4 is 4.74 Å². The number of benzene rings is 2. The molecule has 0 aliphatic carbocycles. The van der Waals surface area contributed by atoms with E-state index in [2.05, 4.69) is 13.8 Å². The Balaban J connectivity index is 2.24. The number of unbranched alkanes of at least 4 members (excludes halogenated alkanes) is 7. The Labute approximate surface area is 207 Å². The molecule has 0 aliphatic rings. The molecule has 0 aliphatic heterocycles. The van der Waals surface area contributed by atoms with Gasteiger partial charge in [0.2, 0.25) is 0 Å². The monoisotopic (exact) mass is 488 g/mol. The smallest absolute Gasteiger partial charge is 0.336 e. The zero-order chi connectivity index (χ0) is 25.8. The van der Waals surface area contributed by atoms with Crippen molar-refractivity contribution in [3.8, 4) is 16.9 Å². The number of ether oxygens (including phenoxy) is 1. The molecule has 0 bridgehead atoms. The number of carboxylic acids is 1.